The van der Waals surface area contributed by atoms with Crippen LogP contribution in [-0.2, 0) is 34.3 Å². The summed E-state index contributed by atoms with van der Waals surface area (Å²) in [6.45, 7) is 2.81. The van der Waals surface area contributed by atoms with Gasteiger partial charge < -0.3 is 14.6 Å². The fourth-order valence-electron chi connectivity index (χ4n) is 4.60. The molecule has 0 bridgehead atoms. The second-order valence-electron chi connectivity index (χ2n) is 13.3. The molecule has 260 valence electrons. The average Bonchev–Trinajstić information content (AvgIpc) is 3.20. The molecule has 11 nitrogen and oxygen atoms in total. The first-order chi connectivity index (χ1) is 22.0. The monoisotopic (exact) mass is 708 g/mol. The number of hydrogen-bond acceptors (Lipinski definition) is 9. The van der Waals surface area contributed by atoms with E-state index in [-0.39, 0.29) is 38.2 Å². The zero-order chi connectivity index (χ0) is 34.4. The molecule has 47 heavy (non-hydrogen) atoms. The maximum atomic E-state index is 13.7. The number of likely N-dealkylation sites (N-methyl/N-ethyl adjacent to an activating group) is 1. The number of benzene rings is 1. The smallest absolute Gasteiger partial charge is 0.459 e. The standard InChI is InChI=1S/C33H49N4O7PS2/c1-25-27-11-9-10-12-29(27)44-30(25)23-36(2)31(38)14-13-26-21-28-33(35-22-26)37(32(39)15-16-34-28)24-43-45(40,41-17-19-46(3,4)5)42-18-20-47(6,7)8/h9-14,21-22,34H,15-20,23-24H2,1-8H3/b14-13+. The number of rotatable bonds is 15. The van der Waals surface area contributed by atoms with Gasteiger partial charge in [0.15, 0.2) is 5.82 Å². The van der Waals surface area contributed by atoms with E-state index in [4.69, 9.17) is 18.0 Å². The Labute approximate surface area is 281 Å². The minimum Gasteiger partial charge on any atom is -0.459 e. The van der Waals surface area contributed by atoms with Gasteiger partial charge >= 0.3 is 7.82 Å². The Hall–Kier alpha value is -2.80. The fourth-order valence-corrected chi connectivity index (χ4v) is 7.13. The number of amides is 2. The third-order valence-electron chi connectivity index (χ3n) is 7.45. The van der Waals surface area contributed by atoms with E-state index < -0.39 is 27.9 Å². The van der Waals surface area contributed by atoms with Crippen molar-refractivity contribution in [2.45, 2.75) is 19.9 Å². The molecule has 0 fully saturated rings. The highest BCUT2D eigenvalue weighted by Crippen LogP contribution is 2.51. The summed E-state index contributed by atoms with van der Waals surface area (Å²) in [4.78, 5) is 33.6. The van der Waals surface area contributed by atoms with Crippen molar-refractivity contribution in [3.63, 3.8) is 0 Å². The highest BCUT2D eigenvalue weighted by molar-refractivity contribution is 8.32. The van der Waals surface area contributed by atoms with Crippen LogP contribution >= 0.6 is 27.9 Å². The lowest BCUT2D eigenvalue weighted by atomic mass is 10.1. The number of anilines is 2. The number of pyridine rings is 1. The number of aryl methyl sites for hydroxylation is 1. The Morgan fingerprint density at radius 2 is 1.74 bits per heavy atom. The van der Waals surface area contributed by atoms with Gasteiger partial charge in [-0.1, -0.05) is 18.2 Å². The average molecular weight is 709 g/mol. The summed E-state index contributed by atoms with van der Waals surface area (Å²) in [5, 5.41) is 4.27. The number of nitrogens with one attached hydrogen (secondary N) is 1. The van der Waals surface area contributed by atoms with Crippen molar-refractivity contribution in [3.8, 4) is 0 Å². The van der Waals surface area contributed by atoms with Crippen molar-refractivity contribution in [1.82, 2.24) is 9.88 Å². The van der Waals surface area contributed by atoms with E-state index >= 15 is 0 Å². The summed E-state index contributed by atoms with van der Waals surface area (Å²) in [6.07, 6.45) is 17.8. The molecule has 2 aromatic heterocycles. The van der Waals surface area contributed by atoms with Crippen LogP contribution in [0.2, 0.25) is 0 Å². The van der Waals surface area contributed by atoms with Gasteiger partial charge in [-0.25, -0.2) is 29.6 Å². The molecule has 1 aromatic carbocycles. The minimum atomic E-state index is -3.96. The predicted molar refractivity (Wildman–Crippen MR) is 197 cm³/mol. The van der Waals surface area contributed by atoms with Crippen LogP contribution in [0.4, 0.5) is 11.5 Å². The zero-order valence-electron chi connectivity index (χ0n) is 28.7. The van der Waals surface area contributed by atoms with Gasteiger partial charge in [0.1, 0.15) is 18.1 Å². The molecule has 0 saturated heterocycles. The first-order valence-corrected chi connectivity index (χ1v) is 22.9. The molecule has 14 heteroatoms. The SMILES string of the molecule is Cc1c(CN(C)C(=O)/C=C/c2cnc3c(c2)NCCC(=O)N3COP(=O)(OCCS(C)(C)C)OCCS(C)(C)C)oc2ccccc12. The second kappa shape index (κ2) is 15.6. The van der Waals surface area contributed by atoms with Gasteiger partial charge in [-0.05, 0) is 68.2 Å². The third kappa shape index (κ3) is 10.9. The summed E-state index contributed by atoms with van der Waals surface area (Å²) >= 11 is 0. The van der Waals surface area contributed by atoms with Crippen LogP contribution in [0.15, 0.2) is 47.0 Å². The number of furan rings is 1. The first kappa shape index (κ1) is 37.0. The van der Waals surface area contributed by atoms with Gasteiger partial charge in [0.05, 0.1) is 25.4 Å². The summed E-state index contributed by atoms with van der Waals surface area (Å²) in [7, 11) is -4.02. The van der Waals surface area contributed by atoms with Crippen molar-refractivity contribution in [1.29, 1.82) is 0 Å². The molecule has 0 aliphatic carbocycles. The summed E-state index contributed by atoms with van der Waals surface area (Å²) in [5.74, 6) is 2.10. The van der Waals surface area contributed by atoms with Crippen LogP contribution in [0.1, 0.15) is 23.3 Å². The molecule has 0 radical (unpaired) electrons. The molecule has 3 heterocycles. The lowest BCUT2D eigenvalue weighted by Gasteiger charge is -2.29. The fraction of sp³-hybridized carbons (Fsp3) is 0.485. The van der Waals surface area contributed by atoms with E-state index in [2.05, 4.69) is 47.8 Å². The number of carbonyl (C=O) groups is 2. The highest BCUT2D eigenvalue weighted by Gasteiger charge is 2.32. The Morgan fingerprint density at radius 1 is 1.09 bits per heavy atom. The van der Waals surface area contributed by atoms with Gasteiger partial charge in [-0.3, -0.25) is 28.1 Å². The molecule has 1 N–H and O–H groups in total. The summed E-state index contributed by atoms with van der Waals surface area (Å²) in [5.41, 5.74) is 3.06. The molecule has 1 aliphatic heterocycles. The Bertz CT molecular complexity index is 1620. The second-order valence-corrected chi connectivity index (χ2v) is 24.1. The van der Waals surface area contributed by atoms with Crippen LogP contribution in [0, 0.1) is 6.92 Å². The van der Waals surface area contributed by atoms with Crippen molar-refractivity contribution in [2.24, 2.45) is 0 Å². The van der Waals surface area contributed by atoms with Gasteiger partial charge in [0.2, 0.25) is 11.8 Å². The number of para-hydroxylation sites is 1. The van der Waals surface area contributed by atoms with Gasteiger partial charge in [-0.2, -0.15) is 0 Å². The molecule has 4 rings (SSSR count). The first-order valence-electron chi connectivity index (χ1n) is 15.3. The van der Waals surface area contributed by atoms with Crippen LogP contribution in [-0.4, -0.2) is 104 Å². The predicted octanol–water partition coefficient (Wildman–Crippen LogP) is 6.46. The Morgan fingerprint density at radius 3 is 2.38 bits per heavy atom. The number of aromatic nitrogens is 1. The Kier molecular flexibility index (Phi) is 12.3. The summed E-state index contributed by atoms with van der Waals surface area (Å²) in [6, 6.07) is 9.61. The van der Waals surface area contributed by atoms with Crippen LogP contribution in [0.5, 0.6) is 0 Å². The molecule has 1 aliphatic rings. The largest absolute Gasteiger partial charge is 0.476 e. The van der Waals surface area contributed by atoms with Crippen molar-refractivity contribution in [2.75, 3.05) is 92.8 Å². The van der Waals surface area contributed by atoms with Crippen molar-refractivity contribution >= 4 is 68.2 Å². The van der Waals surface area contributed by atoms with E-state index in [1.807, 2.05) is 37.3 Å². The zero-order valence-corrected chi connectivity index (χ0v) is 31.3. The normalized spacial score (nSPS) is 15.1. The van der Waals surface area contributed by atoms with E-state index in [0.29, 0.717) is 30.2 Å². The van der Waals surface area contributed by atoms with Gasteiger partial charge in [-0.15, -0.1) is 0 Å². The summed E-state index contributed by atoms with van der Waals surface area (Å²) < 4.78 is 36.9. The van der Waals surface area contributed by atoms with Crippen LogP contribution in [0.25, 0.3) is 17.0 Å². The highest BCUT2D eigenvalue weighted by atomic mass is 32.3. The molecular formula is C33H49N4O7PS2. The van der Waals surface area contributed by atoms with E-state index in [1.165, 1.54) is 11.0 Å². The quantitative estimate of drug-likeness (QED) is 0.140. The van der Waals surface area contributed by atoms with Crippen molar-refractivity contribution < 1.29 is 32.1 Å². The maximum Gasteiger partial charge on any atom is 0.476 e. The molecule has 0 saturated carbocycles. The number of nitrogens with zero attached hydrogens (tertiary/aromatic N) is 3. The Balaban J connectivity index is 1.44. The number of carbonyl (C=O) groups excluding carboxylic acids is 2. The molecule has 0 atom stereocenters. The molecule has 2 amide bonds. The van der Waals surface area contributed by atoms with Crippen molar-refractivity contribution in [3.05, 3.63) is 59.5 Å². The lowest BCUT2D eigenvalue weighted by molar-refractivity contribution is -0.125. The molecule has 0 spiro atoms. The number of phosphoric acid groups is 1. The molecular weight excluding hydrogens is 659 g/mol. The lowest BCUT2D eigenvalue weighted by Crippen LogP contribution is -2.33. The van der Waals surface area contributed by atoms with Gasteiger partial charge in [0, 0.05) is 54.7 Å². The van der Waals surface area contributed by atoms with Gasteiger partial charge in [0.25, 0.3) is 0 Å². The third-order valence-corrected chi connectivity index (χ3v) is 11.7. The number of fused-ring (bicyclic) bond motifs is 2. The molecule has 0 unspecified atom stereocenters. The molecule has 3 aromatic rings. The maximum absolute atomic E-state index is 13.7. The number of hydrogen-bond donors (Lipinski definition) is 1. The van der Waals surface area contributed by atoms with E-state index in [1.54, 1.807) is 24.2 Å². The number of phosphoric ester groups is 1. The van der Waals surface area contributed by atoms with E-state index in [9.17, 15) is 14.2 Å². The van der Waals surface area contributed by atoms with Crippen LogP contribution < -0.4 is 10.2 Å². The van der Waals surface area contributed by atoms with E-state index in [0.717, 1.165) is 33.8 Å². The van der Waals surface area contributed by atoms with Crippen LogP contribution in [0.3, 0.4) is 0 Å². The topological polar surface area (TPSA) is 123 Å². The minimum absolute atomic E-state index is 0.183.